The van der Waals surface area contributed by atoms with Crippen molar-refractivity contribution in [3.8, 4) is 5.75 Å². The lowest BCUT2D eigenvalue weighted by Crippen LogP contribution is -2.33. The van der Waals surface area contributed by atoms with Crippen molar-refractivity contribution in [3.63, 3.8) is 0 Å². The number of halogens is 3. The molecule has 3 nitrogen and oxygen atoms in total. The minimum absolute atomic E-state index is 0.167. The summed E-state index contributed by atoms with van der Waals surface area (Å²) >= 11 is 3.04. The van der Waals surface area contributed by atoms with Crippen LogP contribution in [-0.2, 0) is 4.74 Å². The third-order valence-electron chi connectivity index (χ3n) is 2.62. The molecule has 1 saturated heterocycles. The Bertz CT molecular complexity index is 422. The topological polar surface area (TPSA) is 30.5 Å². The second-order valence-electron chi connectivity index (χ2n) is 3.67. The number of ether oxygens (including phenoxy) is 2. The fourth-order valence-corrected chi connectivity index (χ4v) is 2.20. The Morgan fingerprint density at radius 2 is 2.24 bits per heavy atom. The third-order valence-corrected chi connectivity index (χ3v) is 3.20. The molecule has 1 aliphatic heterocycles. The summed E-state index contributed by atoms with van der Waals surface area (Å²) in [6.45, 7) is 1.73. The molecule has 1 fully saturated rings. The van der Waals surface area contributed by atoms with Crippen LogP contribution in [0, 0.1) is 11.6 Å². The fraction of sp³-hybridized carbons (Fsp3) is 0.455. The fourth-order valence-electron chi connectivity index (χ4n) is 1.78. The highest BCUT2D eigenvalue weighted by Crippen LogP contribution is 2.34. The van der Waals surface area contributed by atoms with E-state index in [0.29, 0.717) is 18.7 Å². The molecule has 0 amide bonds. The Kier molecular flexibility index (Phi) is 3.96. The van der Waals surface area contributed by atoms with Gasteiger partial charge in [0.05, 0.1) is 24.3 Å². The number of nitrogens with one attached hydrogen (secondary N) is 1. The molecule has 94 valence electrons. The van der Waals surface area contributed by atoms with Crippen molar-refractivity contribution in [3.05, 3.63) is 27.7 Å². The van der Waals surface area contributed by atoms with E-state index in [1.54, 1.807) is 0 Å². The molecule has 1 aliphatic rings. The van der Waals surface area contributed by atoms with Gasteiger partial charge in [0.25, 0.3) is 0 Å². The maximum absolute atomic E-state index is 14.0. The van der Waals surface area contributed by atoms with Gasteiger partial charge in [0, 0.05) is 18.7 Å². The van der Waals surface area contributed by atoms with Crippen LogP contribution in [0.5, 0.6) is 5.75 Å². The Hall–Kier alpha value is -0.720. The number of benzene rings is 1. The highest BCUT2D eigenvalue weighted by Gasteiger charge is 2.25. The van der Waals surface area contributed by atoms with Crippen LogP contribution in [-0.4, -0.2) is 26.8 Å². The van der Waals surface area contributed by atoms with E-state index in [9.17, 15) is 8.78 Å². The van der Waals surface area contributed by atoms with Crippen molar-refractivity contribution >= 4 is 15.9 Å². The van der Waals surface area contributed by atoms with Crippen LogP contribution < -0.4 is 10.1 Å². The van der Waals surface area contributed by atoms with Crippen LogP contribution in [0.1, 0.15) is 11.7 Å². The van der Waals surface area contributed by atoms with Crippen LogP contribution in [0.2, 0.25) is 0 Å². The van der Waals surface area contributed by atoms with Crippen LogP contribution in [0.4, 0.5) is 8.78 Å². The quantitative estimate of drug-likeness (QED) is 0.851. The van der Waals surface area contributed by atoms with Crippen molar-refractivity contribution < 1.29 is 18.3 Å². The first-order chi connectivity index (χ1) is 8.15. The number of hydrogen-bond donors (Lipinski definition) is 1. The molecule has 0 radical (unpaired) electrons. The van der Waals surface area contributed by atoms with Crippen LogP contribution in [0.15, 0.2) is 10.5 Å². The van der Waals surface area contributed by atoms with E-state index >= 15 is 0 Å². The van der Waals surface area contributed by atoms with Gasteiger partial charge in [0.1, 0.15) is 0 Å². The third kappa shape index (κ3) is 2.43. The zero-order chi connectivity index (χ0) is 12.4. The van der Waals surface area contributed by atoms with Gasteiger partial charge in [0.15, 0.2) is 17.4 Å². The van der Waals surface area contributed by atoms with Crippen molar-refractivity contribution in [2.24, 2.45) is 0 Å². The normalized spacial score (nSPS) is 20.4. The minimum atomic E-state index is -0.738. The van der Waals surface area contributed by atoms with Gasteiger partial charge in [-0.2, -0.15) is 0 Å². The van der Waals surface area contributed by atoms with Gasteiger partial charge in [-0.15, -0.1) is 0 Å². The van der Waals surface area contributed by atoms with Crippen molar-refractivity contribution in [2.45, 2.75) is 6.10 Å². The van der Waals surface area contributed by atoms with Gasteiger partial charge in [0.2, 0.25) is 0 Å². The summed E-state index contributed by atoms with van der Waals surface area (Å²) in [6, 6.07) is 1.39. The predicted octanol–water partition coefficient (Wildman–Crippen LogP) is 2.40. The second-order valence-corrected chi connectivity index (χ2v) is 4.53. The molecule has 6 heteroatoms. The lowest BCUT2D eigenvalue weighted by atomic mass is 10.1. The molecular formula is C11H12BrF2NO2. The van der Waals surface area contributed by atoms with E-state index in [1.807, 2.05) is 0 Å². The highest BCUT2D eigenvalue weighted by molar-refractivity contribution is 9.10. The van der Waals surface area contributed by atoms with Crippen LogP contribution in [0.25, 0.3) is 0 Å². The molecule has 0 bridgehead atoms. The summed E-state index contributed by atoms with van der Waals surface area (Å²) in [5, 5.41) is 3.09. The molecule has 1 N–H and O–H groups in total. The van der Waals surface area contributed by atoms with E-state index in [1.165, 1.54) is 13.2 Å². The minimum Gasteiger partial charge on any atom is -0.491 e. The van der Waals surface area contributed by atoms with E-state index < -0.39 is 17.7 Å². The van der Waals surface area contributed by atoms with Gasteiger partial charge in [-0.3, -0.25) is 0 Å². The number of morpholine rings is 1. The molecule has 17 heavy (non-hydrogen) atoms. The van der Waals surface area contributed by atoms with E-state index in [-0.39, 0.29) is 10.2 Å². The Labute approximate surface area is 106 Å². The van der Waals surface area contributed by atoms with Gasteiger partial charge < -0.3 is 14.8 Å². The van der Waals surface area contributed by atoms with E-state index in [4.69, 9.17) is 9.47 Å². The van der Waals surface area contributed by atoms with Gasteiger partial charge in [-0.25, -0.2) is 8.78 Å². The molecule has 1 heterocycles. The van der Waals surface area contributed by atoms with Crippen LogP contribution >= 0.6 is 15.9 Å². The first-order valence-corrected chi connectivity index (χ1v) is 5.98. The zero-order valence-electron chi connectivity index (χ0n) is 9.23. The Morgan fingerprint density at radius 3 is 2.82 bits per heavy atom. The summed E-state index contributed by atoms with van der Waals surface area (Å²) in [7, 11) is 1.23. The SMILES string of the molecule is COc1c(F)c(Br)cc(C2CNCCO2)c1F. The molecule has 1 atom stereocenters. The first-order valence-electron chi connectivity index (χ1n) is 5.19. The average Bonchev–Trinajstić information content (AvgIpc) is 2.36. The summed E-state index contributed by atoms with van der Waals surface area (Å²) in [5.74, 6) is -1.83. The van der Waals surface area contributed by atoms with E-state index in [0.717, 1.165) is 6.54 Å². The number of rotatable bonds is 2. The Morgan fingerprint density at radius 1 is 1.47 bits per heavy atom. The molecule has 1 aromatic carbocycles. The van der Waals surface area contributed by atoms with Crippen molar-refractivity contribution in [2.75, 3.05) is 26.8 Å². The van der Waals surface area contributed by atoms with Crippen LogP contribution in [0.3, 0.4) is 0 Å². The largest absolute Gasteiger partial charge is 0.491 e. The number of hydrogen-bond acceptors (Lipinski definition) is 3. The summed E-state index contributed by atoms with van der Waals surface area (Å²) in [4.78, 5) is 0. The maximum Gasteiger partial charge on any atom is 0.191 e. The van der Waals surface area contributed by atoms with Gasteiger partial charge >= 0.3 is 0 Å². The standard InChI is InChI=1S/C11H12BrF2NO2/c1-16-11-9(13)6(4-7(12)10(11)14)8-5-15-2-3-17-8/h4,8,15H,2-3,5H2,1H3. The number of methoxy groups -OCH3 is 1. The summed E-state index contributed by atoms with van der Waals surface area (Å²) in [5.41, 5.74) is 0.294. The predicted molar refractivity (Wildman–Crippen MR) is 62.2 cm³/mol. The monoisotopic (exact) mass is 307 g/mol. The zero-order valence-corrected chi connectivity index (χ0v) is 10.8. The van der Waals surface area contributed by atoms with Gasteiger partial charge in [-0.05, 0) is 22.0 Å². The molecule has 2 rings (SSSR count). The second kappa shape index (κ2) is 5.29. The summed E-state index contributed by atoms with van der Waals surface area (Å²) in [6.07, 6.45) is -0.422. The molecule has 1 aromatic rings. The molecule has 0 aromatic heterocycles. The molecule has 1 unspecified atom stereocenters. The van der Waals surface area contributed by atoms with E-state index in [2.05, 4.69) is 21.2 Å². The average molecular weight is 308 g/mol. The summed E-state index contributed by atoms with van der Waals surface area (Å²) < 4.78 is 37.9. The molecule has 0 aliphatic carbocycles. The lowest BCUT2D eigenvalue weighted by molar-refractivity contribution is 0.0251. The molecular weight excluding hydrogens is 296 g/mol. The molecule has 0 saturated carbocycles. The van der Waals surface area contributed by atoms with Gasteiger partial charge in [-0.1, -0.05) is 0 Å². The Balaban J connectivity index is 2.42. The highest BCUT2D eigenvalue weighted by atomic mass is 79.9. The first kappa shape index (κ1) is 12.7. The van der Waals surface area contributed by atoms with Crippen molar-refractivity contribution in [1.29, 1.82) is 0 Å². The maximum atomic E-state index is 14.0. The van der Waals surface area contributed by atoms with Crippen molar-refractivity contribution in [1.82, 2.24) is 5.32 Å². The molecule has 0 spiro atoms. The lowest BCUT2D eigenvalue weighted by Gasteiger charge is -2.25. The smallest absolute Gasteiger partial charge is 0.191 e.